The van der Waals surface area contributed by atoms with E-state index in [2.05, 4.69) is 26.1 Å². The maximum absolute atomic E-state index is 13.6. The lowest BCUT2D eigenvalue weighted by atomic mass is 9.98. The molecule has 6 rings (SSSR count). The van der Waals surface area contributed by atoms with E-state index in [-0.39, 0.29) is 11.5 Å². The Hall–Kier alpha value is -4.04. The summed E-state index contributed by atoms with van der Waals surface area (Å²) in [5.74, 6) is 0.714. The Morgan fingerprint density at radius 1 is 1.00 bits per heavy atom. The number of aromatic amines is 1. The summed E-state index contributed by atoms with van der Waals surface area (Å²) in [6, 6.07) is 17.5. The molecule has 4 aromatic rings. The molecule has 4 heterocycles. The van der Waals surface area contributed by atoms with Gasteiger partial charge in [-0.3, -0.25) is 19.5 Å². The van der Waals surface area contributed by atoms with Gasteiger partial charge in [-0.1, -0.05) is 30.3 Å². The minimum absolute atomic E-state index is 0.00627. The summed E-state index contributed by atoms with van der Waals surface area (Å²) >= 11 is 0. The number of nitrogens with zero attached hydrogens (tertiary/aromatic N) is 4. The van der Waals surface area contributed by atoms with Crippen molar-refractivity contribution in [2.24, 2.45) is 0 Å². The lowest BCUT2D eigenvalue weighted by molar-refractivity contribution is 0.0623. The normalized spacial score (nSPS) is 15.6. The Morgan fingerprint density at radius 3 is 2.61 bits per heavy atom. The molecule has 0 radical (unpaired) electrons. The number of H-pyrrole nitrogens is 1. The van der Waals surface area contributed by atoms with Crippen molar-refractivity contribution in [2.75, 3.05) is 32.8 Å². The number of aromatic nitrogens is 3. The number of ether oxygens (including phenoxy) is 1. The Labute approximate surface area is 208 Å². The molecular formula is C28H27N5O3. The highest BCUT2D eigenvalue weighted by atomic mass is 16.5. The number of nitrogens with one attached hydrogen (secondary N) is 1. The van der Waals surface area contributed by atoms with Crippen LogP contribution in [-0.4, -0.2) is 63.7 Å². The molecule has 2 aromatic heterocycles. The fraction of sp³-hybridized carbons (Fsp3) is 0.286. The molecule has 1 saturated heterocycles. The Morgan fingerprint density at radius 2 is 1.81 bits per heavy atom. The van der Waals surface area contributed by atoms with E-state index in [9.17, 15) is 9.59 Å². The maximum atomic E-state index is 13.6. The van der Waals surface area contributed by atoms with Gasteiger partial charge in [0.15, 0.2) is 0 Å². The minimum atomic E-state index is -0.199. The van der Waals surface area contributed by atoms with Crippen LogP contribution >= 0.6 is 0 Å². The van der Waals surface area contributed by atoms with Crippen LogP contribution in [0, 0.1) is 0 Å². The van der Waals surface area contributed by atoms with Crippen molar-refractivity contribution < 1.29 is 9.53 Å². The highest BCUT2D eigenvalue weighted by molar-refractivity contribution is 5.98. The van der Waals surface area contributed by atoms with Crippen LogP contribution in [0.1, 0.15) is 32.9 Å². The van der Waals surface area contributed by atoms with Gasteiger partial charge in [0.2, 0.25) is 0 Å². The van der Waals surface area contributed by atoms with Gasteiger partial charge >= 0.3 is 0 Å². The van der Waals surface area contributed by atoms with E-state index < -0.39 is 0 Å². The number of piperazine rings is 1. The van der Waals surface area contributed by atoms with E-state index in [1.807, 2.05) is 53.6 Å². The number of amides is 1. The number of benzene rings is 2. The monoisotopic (exact) mass is 481 g/mol. The van der Waals surface area contributed by atoms with Crippen LogP contribution < -0.4 is 10.3 Å². The van der Waals surface area contributed by atoms with E-state index in [1.165, 1.54) is 0 Å². The van der Waals surface area contributed by atoms with Gasteiger partial charge in [0.1, 0.15) is 5.75 Å². The molecule has 2 aromatic carbocycles. The molecule has 1 amide bonds. The number of hydrogen-bond acceptors (Lipinski definition) is 6. The van der Waals surface area contributed by atoms with Crippen LogP contribution in [-0.2, 0) is 19.4 Å². The van der Waals surface area contributed by atoms with Gasteiger partial charge < -0.3 is 9.64 Å². The second-order valence-electron chi connectivity index (χ2n) is 9.34. The lowest BCUT2D eigenvalue weighted by Gasteiger charge is -2.34. The first-order valence-electron chi connectivity index (χ1n) is 12.3. The van der Waals surface area contributed by atoms with Crippen molar-refractivity contribution in [1.29, 1.82) is 0 Å². The summed E-state index contributed by atoms with van der Waals surface area (Å²) in [5, 5.41) is 8.39. The van der Waals surface area contributed by atoms with Gasteiger partial charge in [0, 0.05) is 57.1 Å². The fourth-order valence-electron chi connectivity index (χ4n) is 5.13. The zero-order chi connectivity index (χ0) is 24.5. The molecular weight excluding hydrogens is 454 g/mol. The van der Waals surface area contributed by atoms with Crippen LogP contribution in [0.4, 0.5) is 0 Å². The van der Waals surface area contributed by atoms with Crippen LogP contribution in [0.25, 0.3) is 10.8 Å². The smallest absolute Gasteiger partial charge is 0.272 e. The molecule has 2 aliphatic heterocycles. The molecule has 1 fully saturated rings. The lowest BCUT2D eigenvalue weighted by Crippen LogP contribution is -2.48. The van der Waals surface area contributed by atoms with E-state index in [0.717, 1.165) is 54.0 Å². The van der Waals surface area contributed by atoms with E-state index >= 15 is 0 Å². The SMILES string of the molecule is O=C(c1cc(Cc2n[nH]c(=O)c3ccccc23)cc2c1OCC2)N1CCN(Cc2ccccn2)CC1. The average molecular weight is 482 g/mol. The largest absolute Gasteiger partial charge is 0.492 e. The van der Waals surface area contributed by atoms with Crippen LogP contribution in [0.5, 0.6) is 5.75 Å². The fourth-order valence-corrected chi connectivity index (χ4v) is 5.13. The molecule has 0 saturated carbocycles. The molecule has 8 heteroatoms. The van der Waals surface area contributed by atoms with Gasteiger partial charge in [-0.05, 0) is 35.4 Å². The maximum Gasteiger partial charge on any atom is 0.272 e. The summed E-state index contributed by atoms with van der Waals surface area (Å²) in [4.78, 5) is 34.5. The highest BCUT2D eigenvalue weighted by Gasteiger charge is 2.28. The summed E-state index contributed by atoms with van der Waals surface area (Å²) in [6.45, 7) is 4.30. The molecule has 0 spiro atoms. The van der Waals surface area contributed by atoms with Gasteiger partial charge in [0.25, 0.3) is 11.5 Å². The van der Waals surface area contributed by atoms with Gasteiger partial charge in [0.05, 0.1) is 28.9 Å². The molecule has 2 aliphatic rings. The summed E-state index contributed by atoms with van der Waals surface area (Å²) in [5.41, 5.74) is 4.28. The van der Waals surface area contributed by atoms with E-state index in [1.54, 1.807) is 6.07 Å². The average Bonchev–Trinajstić information content (AvgIpc) is 3.39. The van der Waals surface area contributed by atoms with Gasteiger partial charge in [-0.25, -0.2) is 5.10 Å². The zero-order valence-electron chi connectivity index (χ0n) is 19.9. The number of hydrogen-bond donors (Lipinski definition) is 1. The summed E-state index contributed by atoms with van der Waals surface area (Å²) in [7, 11) is 0. The van der Waals surface area contributed by atoms with E-state index in [4.69, 9.17) is 4.74 Å². The molecule has 0 aliphatic carbocycles. The second-order valence-corrected chi connectivity index (χ2v) is 9.34. The number of fused-ring (bicyclic) bond motifs is 2. The van der Waals surface area contributed by atoms with Crippen molar-refractivity contribution in [3.63, 3.8) is 0 Å². The predicted molar refractivity (Wildman–Crippen MR) is 136 cm³/mol. The molecule has 182 valence electrons. The molecule has 1 N–H and O–H groups in total. The number of carbonyl (C=O) groups is 1. The molecule has 36 heavy (non-hydrogen) atoms. The highest BCUT2D eigenvalue weighted by Crippen LogP contribution is 2.33. The summed E-state index contributed by atoms with van der Waals surface area (Å²) in [6.07, 6.45) is 3.11. The first-order chi connectivity index (χ1) is 17.7. The Kier molecular flexibility index (Phi) is 5.95. The second kappa shape index (κ2) is 9.54. The van der Waals surface area contributed by atoms with Crippen molar-refractivity contribution in [1.82, 2.24) is 25.0 Å². The van der Waals surface area contributed by atoms with Crippen LogP contribution in [0.3, 0.4) is 0 Å². The first-order valence-corrected chi connectivity index (χ1v) is 12.3. The van der Waals surface area contributed by atoms with Crippen LogP contribution in [0.15, 0.2) is 65.6 Å². The van der Waals surface area contributed by atoms with Crippen molar-refractivity contribution in [3.8, 4) is 5.75 Å². The van der Waals surface area contributed by atoms with Crippen molar-refractivity contribution in [3.05, 3.63) is 99.2 Å². The molecule has 0 bridgehead atoms. The number of pyridine rings is 1. The van der Waals surface area contributed by atoms with Gasteiger partial charge in [-0.15, -0.1) is 0 Å². The molecule has 0 unspecified atom stereocenters. The van der Waals surface area contributed by atoms with E-state index in [0.29, 0.717) is 42.8 Å². The molecule has 8 nitrogen and oxygen atoms in total. The number of rotatable bonds is 5. The van der Waals surface area contributed by atoms with Gasteiger partial charge in [-0.2, -0.15) is 5.10 Å². The quantitative estimate of drug-likeness (QED) is 0.471. The first kappa shape index (κ1) is 22.4. The zero-order valence-corrected chi connectivity index (χ0v) is 19.9. The standard InChI is InChI=1S/C28H27N5O3/c34-27-23-7-2-1-6-22(23)25(30-31-27)17-19-15-20-8-14-36-26(20)24(16-19)28(35)33-12-10-32(11-13-33)18-21-5-3-4-9-29-21/h1-7,9,15-16H,8,10-14,17-18H2,(H,31,34). The third kappa shape index (κ3) is 4.35. The van der Waals surface area contributed by atoms with Crippen molar-refractivity contribution >= 4 is 16.7 Å². The predicted octanol–water partition coefficient (Wildman–Crippen LogP) is 2.80. The third-order valence-electron chi connectivity index (χ3n) is 6.99. The third-order valence-corrected chi connectivity index (χ3v) is 6.99. The van der Waals surface area contributed by atoms with Crippen molar-refractivity contribution in [2.45, 2.75) is 19.4 Å². The minimum Gasteiger partial charge on any atom is -0.492 e. The molecule has 0 atom stereocenters. The topological polar surface area (TPSA) is 91.4 Å². The van der Waals surface area contributed by atoms with Crippen LogP contribution in [0.2, 0.25) is 0 Å². The Balaban J connectivity index is 1.23. The Bertz CT molecular complexity index is 1480. The summed E-state index contributed by atoms with van der Waals surface area (Å²) < 4.78 is 5.90. The number of carbonyl (C=O) groups excluding carboxylic acids is 1.